The highest BCUT2D eigenvalue weighted by molar-refractivity contribution is 8.14. The van der Waals surface area contributed by atoms with Crippen LogP contribution >= 0.6 is 23.5 Å². The van der Waals surface area contributed by atoms with Gasteiger partial charge in [0.25, 0.3) is 0 Å². The fourth-order valence-corrected chi connectivity index (χ4v) is 3.03. The summed E-state index contributed by atoms with van der Waals surface area (Å²) in [6, 6.07) is 12.1. The molecule has 0 saturated heterocycles. The lowest BCUT2D eigenvalue weighted by Gasteiger charge is -2.02. The first-order valence-corrected chi connectivity index (χ1v) is 8.91. The molecule has 25 heavy (non-hydrogen) atoms. The van der Waals surface area contributed by atoms with Gasteiger partial charge in [-0.05, 0) is 71.1 Å². The predicted octanol–water partition coefficient (Wildman–Crippen LogP) is 5.61. The van der Waals surface area contributed by atoms with Crippen LogP contribution in [0.4, 0.5) is 4.39 Å². The van der Waals surface area contributed by atoms with Gasteiger partial charge in [-0.25, -0.2) is 4.39 Å². The minimum absolute atomic E-state index is 0.105. The van der Waals surface area contributed by atoms with Crippen molar-refractivity contribution in [3.8, 4) is 0 Å². The lowest BCUT2D eigenvalue weighted by Crippen LogP contribution is -1.88. The molecule has 2 aromatic rings. The van der Waals surface area contributed by atoms with E-state index in [2.05, 4.69) is 13.2 Å². The van der Waals surface area contributed by atoms with Gasteiger partial charge in [0.05, 0.1) is 4.90 Å². The quantitative estimate of drug-likeness (QED) is 0.376. The van der Waals surface area contributed by atoms with Crippen LogP contribution in [0.1, 0.15) is 11.1 Å². The second kappa shape index (κ2) is 9.20. The van der Waals surface area contributed by atoms with Crippen LogP contribution in [0.15, 0.2) is 77.6 Å². The van der Waals surface area contributed by atoms with E-state index < -0.39 is 5.82 Å². The lowest BCUT2D eigenvalue weighted by molar-refractivity contribution is -0.107. The number of carbonyl (C=O) groups is 2. The summed E-state index contributed by atoms with van der Waals surface area (Å²) < 4.78 is 14.0. The molecule has 126 valence electrons. The number of thioether (sulfide) groups is 2. The Hall–Kier alpha value is -2.37. The number of benzene rings is 2. The maximum absolute atomic E-state index is 14.0. The van der Waals surface area contributed by atoms with Crippen molar-refractivity contribution < 1.29 is 14.0 Å². The van der Waals surface area contributed by atoms with E-state index >= 15 is 0 Å². The van der Waals surface area contributed by atoms with Crippen LogP contribution < -0.4 is 0 Å². The first-order chi connectivity index (χ1) is 12.0. The van der Waals surface area contributed by atoms with Gasteiger partial charge in [-0.2, -0.15) is 0 Å². The minimum Gasteiger partial charge on any atom is -0.282 e. The molecule has 0 atom stereocenters. The number of hydrogen-bond donors (Lipinski definition) is 0. The molecule has 0 spiro atoms. The average molecular weight is 370 g/mol. The molecular weight excluding hydrogens is 355 g/mol. The predicted molar refractivity (Wildman–Crippen MR) is 104 cm³/mol. The average Bonchev–Trinajstić information content (AvgIpc) is 2.62. The Morgan fingerprint density at radius 3 is 2.00 bits per heavy atom. The number of hydrogen-bond acceptors (Lipinski definition) is 4. The van der Waals surface area contributed by atoms with Gasteiger partial charge in [-0.15, -0.1) is 0 Å². The molecule has 0 unspecified atom stereocenters. The number of rotatable bonds is 6. The molecule has 0 bridgehead atoms. The summed E-state index contributed by atoms with van der Waals surface area (Å²) >= 11 is 1.92. The van der Waals surface area contributed by atoms with Crippen molar-refractivity contribution in [2.45, 2.75) is 9.79 Å². The molecule has 0 aliphatic carbocycles. The second-order valence-corrected chi connectivity index (χ2v) is 6.97. The maximum Gasteiger partial charge on any atom is 0.216 e. The third-order valence-corrected chi connectivity index (χ3v) is 4.86. The molecule has 0 N–H and O–H groups in total. The van der Waals surface area contributed by atoms with Gasteiger partial charge in [0.15, 0.2) is 0 Å². The van der Waals surface area contributed by atoms with Crippen LogP contribution in [0.2, 0.25) is 0 Å². The molecule has 0 heterocycles. The number of halogens is 1. The Kier molecular flexibility index (Phi) is 6.98. The highest BCUT2D eigenvalue weighted by atomic mass is 32.2. The minimum atomic E-state index is -0.447. The van der Waals surface area contributed by atoms with Crippen molar-refractivity contribution in [3.05, 3.63) is 84.7 Å². The Bertz CT molecular complexity index is 839. The van der Waals surface area contributed by atoms with E-state index in [0.29, 0.717) is 5.56 Å². The van der Waals surface area contributed by atoms with Crippen LogP contribution in [-0.4, -0.2) is 10.2 Å². The number of carbonyl (C=O) groups excluding carboxylic acids is 2. The van der Waals surface area contributed by atoms with Crippen molar-refractivity contribution in [3.63, 3.8) is 0 Å². The normalized spacial score (nSPS) is 10.6. The molecule has 0 radical (unpaired) electrons. The fraction of sp³-hybridized carbons (Fsp3) is 0. The third kappa shape index (κ3) is 5.89. The van der Waals surface area contributed by atoms with Gasteiger partial charge in [0.1, 0.15) is 5.82 Å². The lowest BCUT2D eigenvalue weighted by atomic mass is 10.1. The van der Waals surface area contributed by atoms with Crippen LogP contribution in [0.3, 0.4) is 0 Å². The zero-order valence-electron chi connectivity index (χ0n) is 13.3. The SMILES string of the molecule is C=CC(=O)Sc1ccc(C=Cc2ccc(SC(=O)C=C)c(F)c2)cc1. The zero-order chi connectivity index (χ0) is 18.2. The molecule has 0 fully saturated rings. The first kappa shape index (κ1) is 19.0. The van der Waals surface area contributed by atoms with Crippen molar-refractivity contribution in [2.24, 2.45) is 0 Å². The Morgan fingerprint density at radius 1 is 0.840 bits per heavy atom. The van der Waals surface area contributed by atoms with Crippen LogP contribution in [0.5, 0.6) is 0 Å². The second-order valence-electron chi connectivity index (χ2n) is 4.84. The van der Waals surface area contributed by atoms with E-state index in [0.717, 1.165) is 40.1 Å². The van der Waals surface area contributed by atoms with E-state index in [1.165, 1.54) is 12.1 Å². The van der Waals surface area contributed by atoms with Gasteiger partial charge >= 0.3 is 0 Å². The van der Waals surface area contributed by atoms with Crippen molar-refractivity contribution in [1.82, 2.24) is 0 Å². The van der Waals surface area contributed by atoms with E-state index in [-0.39, 0.29) is 15.1 Å². The zero-order valence-corrected chi connectivity index (χ0v) is 14.9. The Morgan fingerprint density at radius 2 is 1.40 bits per heavy atom. The molecule has 0 amide bonds. The summed E-state index contributed by atoms with van der Waals surface area (Å²) in [6.07, 6.45) is 6.06. The molecule has 0 aliphatic heterocycles. The van der Waals surface area contributed by atoms with Crippen LogP contribution in [0, 0.1) is 5.82 Å². The van der Waals surface area contributed by atoms with Crippen molar-refractivity contribution in [2.75, 3.05) is 0 Å². The molecule has 0 aromatic heterocycles. The largest absolute Gasteiger partial charge is 0.282 e. The summed E-state index contributed by atoms with van der Waals surface area (Å²) in [7, 11) is 0. The Labute approximate surface area is 154 Å². The van der Waals surface area contributed by atoms with Crippen molar-refractivity contribution >= 4 is 45.9 Å². The summed E-state index contributed by atoms with van der Waals surface area (Å²) in [6.45, 7) is 6.80. The first-order valence-electron chi connectivity index (χ1n) is 7.28. The molecule has 2 rings (SSSR count). The van der Waals surface area contributed by atoms with E-state index in [1.807, 2.05) is 30.3 Å². The monoisotopic (exact) mass is 370 g/mol. The van der Waals surface area contributed by atoms with Gasteiger partial charge in [-0.3, -0.25) is 9.59 Å². The summed E-state index contributed by atoms with van der Waals surface area (Å²) in [5.41, 5.74) is 1.62. The molecule has 5 heteroatoms. The highest BCUT2D eigenvalue weighted by Gasteiger charge is 2.07. The molecule has 0 aliphatic rings. The fourth-order valence-electron chi connectivity index (χ4n) is 1.85. The molecule has 2 aromatic carbocycles. The van der Waals surface area contributed by atoms with E-state index in [1.54, 1.807) is 18.2 Å². The third-order valence-electron chi connectivity index (χ3n) is 3.07. The highest BCUT2D eigenvalue weighted by Crippen LogP contribution is 2.25. The smallest absolute Gasteiger partial charge is 0.216 e. The van der Waals surface area contributed by atoms with Gasteiger partial charge < -0.3 is 0 Å². The van der Waals surface area contributed by atoms with Crippen LogP contribution in [0.25, 0.3) is 12.2 Å². The molecule has 2 nitrogen and oxygen atoms in total. The van der Waals surface area contributed by atoms with Gasteiger partial charge in [0.2, 0.25) is 10.2 Å². The van der Waals surface area contributed by atoms with Crippen LogP contribution in [-0.2, 0) is 9.59 Å². The maximum atomic E-state index is 14.0. The van der Waals surface area contributed by atoms with E-state index in [4.69, 9.17) is 0 Å². The standard InChI is InChI=1S/C20H15FO2S2/c1-3-19(22)24-16-10-7-14(8-11-16)5-6-15-9-12-18(17(21)13-15)25-20(23)4-2/h3-13H,1-2H2. The molecule has 0 saturated carbocycles. The van der Waals surface area contributed by atoms with Gasteiger partial charge in [0, 0.05) is 4.90 Å². The summed E-state index contributed by atoms with van der Waals surface area (Å²) in [5.74, 6) is -0.447. The van der Waals surface area contributed by atoms with Crippen molar-refractivity contribution in [1.29, 1.82) is 0 Å². The molecular formula is C20H15FO2S2. The van der Waals surface area contributed by atoms with Gasteiger partial charge in [-0.1, -0.05) is 43.5 Å². The summed E-state index contributed by atoms with van der Waals surface area (Å²) in [4.78, 5) is 23.7. The Balaban J connectivity index is 2.07. The summed E-state index contributed by atoms with van der Waals surface area (Å²) in [5, 5.41) is -0.401. The topological polar surface area (TPSA) is 34.1 Å². The van der Waals surface area contributed by atoms with E-state index in [9.17, 15) is 14.0 Å².